The molecule has 0 bridgehead atoms. The summed E-state index contributed by atoms with van der Waals surface area (Å²) in [4.78, 5) is 0. The van der Waals surface area contributed by atoms with Crippen molar-refractivity contribution in [2.75, 3.05) is 11.9 Å². The SMILES string of the molecule is CCc1nn(C)cc1NCCCC(F)(F)F. The first-order valence-corrected chi connectivity index (χ1v) is 5.25. The zero-order valence-electron chi connectivity index (χ0n) is 9.43. The van der Waals surface area contributed by atoms with E-state index >= 15 is 0 Å². The van der Waals surface area contributed by atoms with E-state index in [-0.39, 0.29) is 6.42 Å². The molecule has 1 aromatic heterocycles. The monoisotopic (exact) mass is 235 g/mol. The van der Waals surface area contributed by atoms with Crippen molar-refractivity contribution in [2.45, 2.75) is 32.4 Å². The van der Waals surface area contributed by atoms with Crippen LogP contribution in [0.3, 0.4) is 0 Å². The van der Waals surface area contributed by atoms with Gasteiger partial charge in [-0.2, -0.15) is 18.3 Å². The molecule has 0 radical (unpaired) electrons. The van der Waals surface area contributed by atoms with E-state index in [2.05, 4.69) is 10.4 Å². The summed E-state index contributed by atoms with van der Waals surface area (Å²) in [6.45, 7) is 2.28. The van der Waals surface area contributed by atoms with Gasteiger partial charge < -0.3 is 5.32 Å². The van der Waals surface area contributed by atoms with E-state index in [0.717, 1.165) is 17.8 Å². The Labute approximate surface area is 92.6 Å². The summed E-state index contributed by atoms with van der Waals surface area (Å²) < 4.78 is 37.3. The summed E-state index contributed by atoms with van der Waals surface area (Å²) in [7, 11) is 1.79. The number of hydrogen-bond acceptors (Lipinski definition) is 2. The van der Waals surface area contributed by atoms with E-state index in [9.17, 15) is 13.2 Å². The van der Waals surface area contributed by atoms with Crippen LogP contribution in [0.15, 0.2) is 6.20 Å². The minimum Gasteiger partial charge on any atom is -0.382 e. The van der Waals surface area contributed by atoms with Crippen LogP contribution in [-0.4, -0.2) is 22.5 Å². The first-order chi connectivity index (χ1) is 7.42. The van der Waals surface area contributed by atoms with E-state index in [1.165, 1.54) is 0 Å². The first kappa shape index (κ1) is 12.9. The molecule has 1 rings (SSSR count). The zero-order chi connectivity index (χ0) is 12.2. The Morgan fingerprint density at radius 2 is 2.12 bits per heavy atom. The molecule has 0 saturated heterocycles. The van der Waals surface area contributed by atoms with E-state index in [1.807, 2.05) is 6.92 Å². The van der Waals surface area contributed by atoms with Gasteiger partial charge in [-0.05, 0) is 12.8 Å². The molecule has 1 N–H and O–H groups in total. The Hall–Kier alpha value is -1.20. The van der Waals surface area contributed by atoms with Gasteiger partial charge in [0, 0.05) is 26.2 Å². The largest absolute Gasteiger partial charge is 0.389 e. The summed E-state index contributed by atoms with van der Waals surface area (Å²) in [5.41, 5.74) is 1.71. The van der Waals surface area contributed by atoms with Crippen LogP contribution in [0.5, 0.6) is 0 Å². The maximum Gasteiger partial charge on any atom is 0.389 e. The van der Waals surface area contributed by atoms with Crippen molar-refractivity contribution in [3.63, 3.8) is 0 Å². The summed E-state index contributed by atoms with van der Waals surface area (Å²) >= 11 is 0. The lowest BCUT2D eigenvalue weighted by atomic mass is 10.2. The molecule has 0 fully saturated rings. The van der Waals surface area contributed by atoms with Crippen molar-refractivity contribution in [1.82, 2.24) is 9.78 Å². The number of aryl methyl sites for hydroxylation is 2. The van der Waals surface area contributed by atoms with Crippen LogP contribution in [0.2, 0.25) is 0 Å². The maximum atomic E-state index is 11.9. The molecule has 0 saturated carbocycles. The molecule has 0 aromatic carbocycles. The number of anilines is 1. The highest BCUT2D eigenvalue weighted by atomic mass is 19.4. The second-order valence-electron chi connectivity index (χ2n) is 3.66. The van der Waals surface area contributed by atoms with Crippen LogP contribution in [0, 0.1) is 0 Å². The van der Waals surface area contributed by atoms with Gasteiger partial charge in [0.05, 0.1) is 11.4 Å². The van der Waals surface area contributed by atoms with Crippen molar-refractivity contribution in [3.8, 4) is 0 Å². The second-order valence-corrected chi connectivity index (χ2v) is 3.66. The smallest absolute Gasteiger partial charge is 0.382 e. The van der Waals surface area contributed by atoms with Crippen molar-refractivity contribution < 1.29 is 13.2 Å². The molecule has 0 unspecified atom stereocenters. The molecule has 0 atom stereocenters. The molecule has 0 amide bonds. The normalized spacial score (nSPS) is 11.8. The predicted octanol–water partition coefficient (Wildman–Crippen LogP) is 2.74. The number of alkyl halides is 3. The fraction of sp³-hybridized carbons (Fsp3) is 0.700. The third kappa shape index (κ3) is 4.12. The van der Waals surface area contributed by atoms with Crippen LogP contribution in [-0.2, 0) is 13.5 Å². The predicted molar refractivity (Wildman–Crippen MR) is 56.4 cm³/mol. The highest BCUT2D eigenvalue weighted by molar-refractivity contribution is 5.46. The lowest BCUT2D eigenvalue weighted by Gasteiger charge is -2.07. The number of nitrogens with one attached hydrogen (secondary N) is 1. The number of aromatic nitrogens is 2. The molecule has 0 spiro atoms. The topological polar surface area (TPSA) is 29.9 Å². The Morgan fingerprint density at radius 3 is 2.69 bits per heavy atom. The molecular formula is C10H16F3N3. The number of rotatable bonds is 5. The molecule has 3 nitrogen and oxygen atoms in total. The standard InChI is InChI=1S/C10H16F3N3/c1-3-8-9(7-16(2)15-8)14-6-4-5-10(11,12)13/h7,14H,3-6H2,1-2H3. The van der Waals surface area contributed by atoms with E-state index < -0.39 is 12.6 Å². The van der Waals surface area contributed by atoms with Crippen LogP contribution in [0.1, 0.15) is 25.5 Å². The fourth-order valence-electron chi connectivity index (χ4n) is 1.46. The van der Waals surface area contributed by atoms with Crippen LogP contribution >= 0.6 is 0 Å². The quantitative estimate of drug-likeness (QED) is 0.795. The Balaban J connectivity index is 2.37. The summed E-state index contributed by atoms with van der Waals surface area (Å²) in [5, 5.41) is 7.16. The molecule has 6 heteroatoms. The number of nitrogens with zero attached hydrogens (tertiary/aromatic N) is 2. The average molecular weight is 235 g/mol. The van der Waals surface area contributed by atoms with Crippen LogP contribution < -0.4 is 5.32 Å². The highest BCUT2D eigenvalue weighted by Crippen LogP contribution is 2.21. The van der Waals surface area contributed by atoms with Gasteiger partial charge in [-0.3, -0.25) is 4.68 Å². The average Bonchev–Trinajstić information content (AvgIpc) is 2.52. The van der Waals surface area contributed by atoms with Gasteiger partial charge in [0.2, 0.25) is 0 Å². The van der Waals surface area contributed by atoms with Crippen molar-refractivity contribution >= 4 is 5.69 Å². The molecule has 1 aromatic rings. The number of halogens is 3. The molecule has 0 aliphatic heterocycles. The van der Waals surface area contributed by atoms with Crippen molar-refractivity contribution in [2.24, 2.45) is 7.05 Å². The van der Waals surface area contributed by atoms with Crippen molar-refractivity contribution in [1.29, 1.82) is 0 Å². The minimum atomic E-state index is -4.07. The Bertz CT molecular complexity index is 331. The van der Waals surface area contributed by atoms with Crippen LogP contribution in [0.25, 0.3) is 0 Å². The molecule has 1 heterocycles. The Morgan fingerprint density at radius 1 is 1.44 bits per heavy atom. The second kappa shape index (κ2) is 5.23. The van der Waals surface area contributed by atoms with Gasteiger partial charge in [-0.1, -0.05) is 6.92 Å². The minimum absolute atomic E-state index is 0.0849. The van der Waals surface area contributed by atoms with Crippen molar-refractivity contribution in [3.05, 3.63) is 11.9 Å². The molecule has 16 heavy (non-hydrogen) atoms. The van der Waals surface area contributed by atoms with Gasteiger partial charge in [0.15, 0.2) is 0 Å². The van der Waals surface area contributed by atoms with Gasteiger partial charge >= 0.3 is 6.18 Å². The molecule has 0 aliphatic rings. The molecule has 92 valence electrons. The third-order valence-electron chi connectivity index (χ3n) is 2.19. The third-order valence-corrected chi connectivity index (χ3v) is 2.19. The van der Waals surface area contributed by atoms with Gasteiger partial charge in [-0.15, -0.1) is 0 Å². The first-order valence-electron chi connectivity index (χ1n) is 5.25. The van der Waals surface area contributed by atoms with E-state index in [0.29, 0.717) is 6.54 Å². The zero-order valence-corrected chi connectivity index (χ0v) is 9.43. The number of hydrogen-bond donors (Lipinski definition) is 1. The maximum absolute atomic E-state index is 11.9. The lowest BCUT2D eigenvalue weighted by molar-refractivity contribution is -0.134. The molecular weight excluding hydrogens is 219 g/mol. The highest BCUT2D eigenvalue weighted by Gasteiger charge is 2.25. The summed E-state index contributed by atoms with van der Waals surface area (Å²) in [6.07, 6.45) is -2.18. The Kier molecular flexibility index (Phi) is 4.20. The van der Waals surface area contributed by atoms with E-state index in [4.69, 9.17) is 0 Å². The molecule has 0 aliphatic carbocycles. The lowest BCUT2D eigenvalue weighted by Crippen LogP contribution is -2.11. The summed E-state index contributed by atoms with van der Waals surface area (Å²) in [6, 6.07) is 0. The fourth-order valence-corrected chi connectivity index (χ4v) is 1.46. The summed E-state index contributed by atoms with van der Waals surface area (Å²) in [5.74, 6) is 0. The van der Waals surface area contributed by atoms with Gasteiger partial charge in [0.1, 0.15) is 0 Å². The van der Waals surface area contributed by atoms with Gasteiger partial charge in [-0.25, -0.2) is 0 Å². The van der Waals surface area contributed by atoms with Crippen LogP contribution in [0.4, 0.5) is 18.9 Å². The van der Waals surface area contributed by atoms with Gasteiger partial charge in [0.25, 0.3) is 0 Å². The van der Waals surface area contributed by atoms with E-state index in [1.54, 1.807) is 17.9 Å².